The Kier molecular flexibility index (Phi) is 4.93. The molecule has 5 heteroatoms. The first-order valence-corrected chi connectivity index (χ1v) is 5.40. The van der Waals surface area contributed by atoms with Crippen molar-refractivity contribution in [1.82, 2.24) is 5.32 Å². The molecule has 1 rings (SSSR count). The van der Waals surface area contributed by atoms with Gasteiger partial charge in [-0.2, -0.15) is 0 Å². The summed E-state index contributed by atoms with van der Waals surface area (Å²) in [4.78, 5) is 10.6. The van der Waals surface area contributed by atoms with Crippen molar-refractivity contribution < 1.29 is 20.1 Å². The Morgan fingerprint density at radius 1 is 1.29 bits per heavy atom. The van der Waals surface area contributed by atoms with Gasteiger partial charge in [0, 0.05) is 13.5 Å². The van der Waals surface area contributed by atoms with Crippen LogP contribution < -0.4 is 5.32 Å². The minimum atomic E-state index is -1.02. The second-order valence-corrected chi connectivity index (χ2v) is 3.88. The fourth-order valence-corrected chi connectivity index (χ4v) is 1.45. The second-order valence-electron chi connectivity index (χ2n) is 3.88. The molecule has 0 aliphatic heterocycles. The van der Waals surface area contributed by atoms with Crippen molar-refractivity contribution in [3.05, 3.63) is 29.8 Å². The van der Waals surface area contributed by atoms with Crippen molar-refractivity contribution in [3.63, 3.8) is 0 Å². The van der Waals surface area contributed by atoms with Crippen molar-refractivity contribution in [1.29, 1.82) is 0 Å². The van der Waals surface area contributed by atoms with E-state index >= 15 is 0 Å². The van der Waals surface area contributed by atoms with Crippen LogP contribution in [0.25, 0.3) is 0 Å². The summed E-state index contributed by atoms with van der Waals surface area (Å²) in [5.74, 6) is -0.0648. The summed E-state index contributed by atoms with van der Waals surface area (Å²) in [6, 6.07) is 5.97. The van der Waals surface area contributed by atoms with Crippen LogP contribution in [0.5, 0.6) is 5.75 Å². The minimum absolute atomic E-state index is 0.105. The van der Waals surface area contributed by atoms with E-state index in [1.165, 1.54) is 19.1 Å². The van der Waals surface area contributed by atoms with E-state index in [0.717, 1.165) is 0 Å². The topological polar surface area (TPSA) is 89.8 Å². The Morgan fingerprint density at radius 2 is 1.88 bits per heavy atom. The molecule has 5 nitrogen and oxygen atoms in total. The Balaban J connectivity index is 2.48. The molecule has 0 fully saturated rings. The van der Waals surface area contributed by atoms with Crippen LogP contribution in [0.2, 0.25) is 0 Å². The number of phenols is 1. The largest absolute Gasteiger partial charge is 0.508 e. The molecule has 4 N–H and O–H groups in total. The molecule has 94 valence electrons. The van der Waals surface area contributed by atoms with Crippen LogP contribution in [-0.2, 0) is 4.79 Å². The van der Waals surface area contributed by atoms with E-state index in [-0.39, 0.29) is 18.1 Å². The molecule has 2 unspecified atom stereocenters. The maximum atomic E-state index is 10.6. The van der Waals surface area contributed by atoms with E-state index in [1.54, 1.807) is 12.1 Å². The summed E-state index contributed by atoms with van der Waals surface area (Å²) < 4.78 is 0. The number of nitrogens with one attached hydrogen (secondary N) is 1. The zero-order chi connectivity index (χ0) is 12.8. The highest BCUT2D eigenvalue weighted by Crippen LogP contribution is 2.20. The molecule has 0 aromatic heterocycles. The number of hydrogen-bond donors (Lipinski definition) is 4. The van der Waals surface area contributed by atoms with Crippen molar-refractivity contribution >= 4 is 5.91 Å². The number of phenolic OH excluding ortho intramolecular Hbond substituents is 1. The molecule has 0 aliphatic carbocycles. The highest BCUT2D eigenvalue weighted by atomic mass is 16.3. The molecular formula is C12H17NO4. The number of amides is 1. The number of rotatable bonds is 5. The van der Waals surface area contributed by atoms with Gasteiger partial charge in [0.1, 0.15) is 11.9 Å². The van der Waals surface area contributed by atoms with Crippen LogP contribution >= 0.6 is 0 Å². The average Bonchev–Trinajstić information content (AvgIpc) is 2.28. The fraction of sp³-hybridized carbons (Fsp3) is 0.417. The number of carbonyl (C=O) groups excluding carboxylic acids is 1. The van der Waals surface area contributed by atoms with E-state index in [4.69, 9.17) is 5.11 Å². The van der Waals surface area contributed by atoms with Crippen molar-refractivity contribution in [3.8, 4) is 5.75 Å². The van der Waals surface area contributed by atoms with E-state index in [9.17, 15) is 15.0 Å². The van der Waals surface area contributed by atoms with Gasteiger partial charge >= 0.3 is 0 Å². The summed E-state index contributed by atoms with van der Waals surface area (Å²) in [5, 5.41) is 31.1. The number of aliphatic hydroxyl groups is 2. The lowest BCUT2D eigenvalue weighted by Crippen LogP contribution is -2.27. The van der Waals surface area contributed by atoms with Crippen LogP contribution in [0, 0.1) is 0 Å². The molecule has 2 atom stereocenters. The summed E-state index contributed by atoms with van der Waals surface area (Å²) in [6.07, 6.45) is -1.71. The van der Waals surface area contributed by atoms with Crippen LogP contribution in [0.3, 0.4) is 0 Å². The SMILES string of the molecule is CC(=O)NCCC(O)C(O)c1ccc(O)cc1. The first-order valence-electron chi connectivity index (χ1n) is 5.40. The van der Waals surface area contributed by atoms with Gasteiger partial charge in [-0.3, -0.25) is 4.79 Å². The summed E-state index contributed by atoms with van der Waals surface area (Å²) in [5.41, 5.74) is 0.526. The Labute approximate surface area is 99.7 Å². The summed E-state index contributed by atoms with van der Waals surface area (Å²) in [7, 11) is 0. The Morgan fingerprint density at radius 3 is 2.41 bits per heavy atom. The van der Waals surface area contributed by atoms with Crippen molar-refractivity contribution in [2.75, 3.05) is 6.54 Å². The predicted molar refractivity (Wildman–Crippen MR) is 62.4 cm³/mol. The minimum Gasteiger partial charge on any atom is -0.508 e. The predicted octanol–water partition coefficient (Wildman–Crippen LogP) is 0.313. The van der Waals surface area contributed by atoms with Gasteiger partial charge in [0.2, 0.25) is 5.91 Å². The van der Waals surface area contributed by atoms with E-state index in [1.807, 2.05) is 0 Å². The molecule has 0 radical (unpaired) electrons. The van der Waals surface area contributed by atoms with Gasteiger partial charge in [-0.25, -0.2) is 0 Å². The molecule has 0 saturated heterocycles. The molecule has 0 bridgehead atoms. The van der Waals surface area contributed by atoms with Gasteiger partial charge in [0.25, 0.3) is 0 Å². The maximum Gasteiger partial charge on any atom is 0.216 e. The third-order valence-electron chi connectivity index (χ3n) is 2.41. The van der Waals surface area contributed by atoms with Gasteiger partial charge in [-0.1, -0.05) is 12.1 Å². The highest BCUT2D eigenvalue weighted by Gasteiger charge is 2.17. The monoisotopic (exact) mass is 239 g/mol. The van der Waals surface area contributed by atoms with Crippen LogP contribution in [-0.4, -0.2) is 33.9 Å². The van der Waals surface area contributed by atoms with Crippen LogP contribution in [0.4, 0.5) is 0 Å². The molecule has 0 aliphatic rings. The van der Waals surface area contributed by atoms with Gasteiger partial charge in [-0.05, 0) is 24.1 Å². The molecule has 1 aromatic rings. The second kappa shape index (κ2) is 6.22. The van der Waals surface area contributed by atoms with Crippen molar-refractivity contribution in [2.24, 2.45) is 0 Å². The number of benzene rings is 1. The normalized spacial score (nSPS) is 14.1. The highest BCUT2D eigenvalue weighted by molar-refractivity contribution is 5.72. The maximum absolute atomic E-state index is 10.6. The quantitative estimate of drug-likeness (QED) is 0.595. The van der Waals surface area contributed by atoms with E-state index in [2.05, 4.69) is 5.32 Å². The summed E-state index contributed by atoms with van der Waals surface area (Å²) >= 11 is 0. The average molecular weight is 239 g/mol. The Bertz CT molecular complexity index is 363. The van der Waals surface area contributed by atoms with E-state index < -0.39 is 12.2 Å². The first-order chi connectivity index (χ1) is 8.00. The van der Waals surface area contributed by atoms with Gasteiger partial charge in [0.15, 0.2) is 0 Å². The van der Waals surface area contributed by atoms with Crippen LogP contribution in [0.1, 0.15) is 25.0 Å². The standard InChI is InChI=1S/C12H17NO4/c1-8(14)13-7-6-11(16)12(17)9-2-4-10(15)5-3-9/h2-5,11-12,15-17H,6-7H2,1H3,(H,13,14). The third kappa shape index (κ3) is 4.42. The first kappa shape index (κ1) is 13.5. The van der Waals surface area contributed by atoms with Crippen molar-refractivity contribution in [2.45, 2.75) is 25.6 Å². The zero-order valence-electron chi connectivity index (χ0n) is 9.63. The smallest absolute Gasteiger partial charge is 0.216 e. The van der Waals surface area contributed by atoms with Gasteiger partial charge in [0.05, 0.1) is 6.10 Å². The Hall–Kier alpha value is -1.59. The summed E-state index contributed by atoms with van der Waals surface area (Å²) in [6.45, 7) is 1.70. The lowest BCUT2D eigenvalue weighted by molar-refractivity contribution is -0.119. The molecule has 17 heavy (non-hydrogen) atoms. The lowest BCUT2D eigenvalue weighted by atomic mass is 10.0. The van der Waals surface area contributed by atoms with E-state index in [0.29, 0.717) is 12.1 Å². The molecular weight excluding hydrogens is 222 g/mol. The molecule has 1 aromatic carbocycles. The molecule has 1 amide bonds. The van der Waals surface area contributed by atoms with Gasteiger partial charge < -0.3 is 20.6 Å². The number of hydrogen-bond acceptors (Lipinski definition) is 4. The number of aliphatic hydroxyl groups excluding tert-OH is 2. The molecule has 0 heterocycles. The lowest BCUT2D eigenvalue weighted by Gasteiger charge is -2.18. The van der Waals surface area contributed by atoms with Gasteiger partial charge in [-0.15, -0.1) is 0 Å². The molecule has 0 saturated carbocycles. The molecule has 0 spiro atoms. The number of carbonyl (C=O) groups is 1. The third-order valence-corrected chi connectivity index (χ3v) is 2.41. The number of aromatic hydroxyl groups is 1. The van der Waals surface area contributed by atoms with Crippen LogP contribution in [0.15, 0.2) is 24.3 Å². The zero-order valence-corrected chi connectivity index (χ0v) is 9.63. The fourth-order valence-electron chi connectivity index (χ4n) is 1.45.